The van der Waals surface area contributed by atoms with Crippen LogP contribution in [0.15, 0.2) is 6.07 Å². The molecular formula is C12H22N4O. The third kappa shape index (κ3) is 4.19. The van der Waals surface area contributed by atoms with Gasteiger partial charge >= 0.3 is 0 Å². The van der Waals surface area contributed by atoms with Gasteiger partial charge in [-0.15, -0.1) is 0 Å². The van der Waals surface area contributed by atoms with E-state index in [2.05, 4.69) is 22.7 Å². The van der Waals surface area contributed by atoms with Crippen LogP contribution in [0.2, 0.25) is 0 Å². The zero-order valence-corrected chi connectivity index (χ0v) is 10.9. The summed E-state index contributed by atoms with van der Waals surface area (Å²) >= 11 is 0. The highest BCUT2D eigenvalue weighted by atomic mass is 16.2. The van der Waals surface area contributed by atoms with Crippen LogP contribution in [0.4, 0.5) is 0 Å². The summed E-state index contributed by atoms with van der Waals surface area (Å²) in [4.78, 5) is 11.8. The van der Waals surface area contributed by atoms with Crippen LogP contribution < -0.4 is 10.6 Å². The molecule has 0 spiro atoms. The first-order chi connectivity index (χ1) is 8.19. The fourth-order valence-corrected chi connectivity index (χ4v) is 1.57. The van der Waals surface area contributed by atoms with Crippen molar-refractivity contribution in [2.75, 3.05) is 19.6 Å². The molecular weight excluding hydrogens is 216 g/mol. The SMILES string of the molecule is CCCNCCNC(=O)c1cc(CC)nn1C. The van der Waals surface area contributed by atoms with E-state index < -0.39 is 0 Å². The van der Waals surface area contributed by atoms with Gasteiger partial charge in [-0.3, -0.25) is 9.48 Å². The minimum atomic E-state index is -0.0574. The van der Waals surface area contributed by atoms with Gasteiger partial charge in [-0.05, 0) is 25.5 Å². The number of rotatable bonds is 7. The third-order valence-electron chi connectivity index (χ3n) is 2.54. The number of amides is 1. The fraction of sp³-hybridized carbons (Fsp3) is 0.667. The van der Waals surface area contributed by atoms with E-state index in [4.69, 9.17) is 0 Å². The van der Waals surface area contributed by atoms with Crippen molar-refractivity contribution in [3.8, 4) is 0 Å². The van der Waals surface area contributed by atoms with E-state index in [1.807, 2.05) is 13.0 Å². The van der Waals surface area contributed by atoms with Crippen molar-refractivity contribution in [3.05, 3.63) is 17.5 Å². The van der Waals surface area contributed by atoms with E-state index in [-0.39, 0.29) is 5.91 Å². The summed E-state index contributed by atoms with van der Waals surface area (Å²) in [7, 11) is 1.80. The third-order valence-corrected chi connectivity index (χ3v) is 2.54. The van der Waals surface area contributed by atoms with Crippen LogP contribution in [0.1, 0.15) is 36.5 Å². The Hall–Kier alpha value is -1.36. The first-order valence-corrected chi connectivity index (χ1v) is 6.20. The van der Waals surface area contributed by atoms with Gasteiger partial charge in [0.05, 0.1) is 5.69 Å². The number of carbonyl (C=O) groups is 1. The average molecular weight is 238 g/mol. The highest BCUT2D eigenvalue weighted by Gasteiger charge is 2.11. The zero-order valence-electron chi connectivity index (χ0n) is 10.9. The van der Waals surface area contributed by atoms with Crippen LogP contribution in [0.5, 0.6) is 0 Å². The lowest BCUT2D eigenvalue weighted by Gasteiger charge is -2.05. The predicted molar refractivity (Wildman–Crippen MR) is 68.1 cm³/mol. The Balaban J connectivity index is 2.38. The number of aromatic nitrogens is 2. The van der Waals surface area contributed by atoms with Crippen LogP contribution >= 0.6 is 0 Å². The van der Waals surface area contributed by atoms with Gasteiger partial charge in [-0.25, -0.2) is 0 Å². The number of hydrogen-bond donors (Lipinski definition) is 2. The molecule has 17 heavy (non-hydrogen) atoms. The normalized spacial score (nSPS) is 10.5. The van der Waals surface area contributed by atoms with Gasteiger partial charge in [0.2, 0.25) is 0 Å². The molecule has 2 N–H and O–H groups in total. The average Bonchev–Trinajstić information content (AvgIpc) is 2.70. The standard InChI is InChI=1S/C12H22N4O/c1-4-6-13-7-8-14-12(17)11-9-10(5-2)15-16(11)3/h9,13H,4-8H2,1-3H3,(H,14,17). The Morgan fingerprint density at radius 1 is 1.35 bits per heavy atom. The minimum Gasteiger partial charge on any atom is -0.349 e. The van der Waals surface area contributed by atoms with Gasteiger partial charge in [-0.1, -0.05) is 13.8 Å². The van der Waals surface area contributed by atoms with E-state index >= 15 is 0 Å². The molecule has 1 amide bonds. The molecule has 1 rings (SSSR count). The van der Waals surface area contributed by atoms with Gasteiger partial charge in [0, 0.05) is 20.1 Å². The van der Waals surface area contributed by atoms with Crippen molar-refractivity contribution in [1.29, 1.82) is 0 Å². The first-order valence-electron chi connectivity index (χ1n) is 6.20. The lowest BCUT2D eigenvalue weighted by Crippen LogP contribution is -2.33. The van der Waals surface area contributed by atoms with Crippen LogP contribution in [0, 0.1) is 0 Å². The van der Waals surface area contributed by atoms with Crippen LogP contribution in [-0.2, 0) is 13.5 Å². The summed E-state index contributed by atoms with van der Waals surface area (Å²) in [5.74, 6) is -0.0574. The number of nitrogens with one attached hydrogen (secondary N) is 2. The molecule has 0 fully saturated rings. The summed E-state index contributed by atoms with van der Waals surface area (Å²) in [6.07, 6.45) is 1.95. The Kier molecular flexibility index (Phi) is 5.69. The highest BCUT2D eigenvalue weighted by Crippen LogP contribution is 2.03. The smallest absolute Gasteiger partial charge is 0.269 e. The molecule has 0 aromatic carbocycles. The topological polar surface area (TPSA) is 58.9 Å². The van der Waals surface area contributed by atoms with Crippen molar-refractivity contribution >= 4 is 5.91 Å². The quantitative estimate of drug-likeness (QED) is 0.688. The van der Waals surface area contributed by atoms with E-state index in [0.29, 0.717) is 12.2 Å². The Labute approximate surface area is 103 Å². The molecule has 1 heterocycles. The maximum atomic E-state index is 11.8. The van der Waals surface area contributed by atoms with Gasteiger partial charge in [-0.2, -0.15) is 5.10 Å². The lowest BCUT2D eigenvalue weighted by molar-refractivity contribution is 0.0944. The van der Waals surface area contributed by atoms with Gasteiger partial charge < -0.3 is 10.6 Å². The van der Waals surface area contributed by atoms with Crippen molar-refractivity contribution in [3.63, 3.8) is 0 Å². The second-order valence-corrected chi connectivity index (χ2v) is 4.00. The maximum absolute atomic E-state index is 11.8. The van der Waals surface area contributed by atoms with Crippen molar-refractivity contribution in [2.45, 2.75) is 26.7 Å². The van der Waals surface area contributed by atoms with Crippen molar-refractivity contribution in [2.24, 2.45) is 7.05 Å². The largest absolute Gasteiger partial charge is 0.349 e. The fourth-order valence-electron chi connectivity index (χ4n) is 1.57. The molecule has 96 valence electrons. The van der Waals surface area contributed by atoms with Crippen LogP contribution in [0.3, 0.4) is 0 Å². The molecule has 0 aliphatic heterocycles. The summed E-state index contributed by atoms with van der Waals surface area (Å²) in [5, 5.41) is 10.4. The molecule has 0 saturated carbocycles. The van der Waals surface area contributed by atoms with Crippen molar-refractivity contribution < 1.29 is 4.79 Å². The highest BCUT2D eigenvalue weighted by molar-refractivity contribution is 5.92. The van der Waals surface area contributed by atoms with E-state index in [0.717, 1.165) is 31.6 Å². The van der Waals surface area contributed by atoms with Crippen molar-refractivity contribution in [1.82, 2.24) is 20.4 Å². The van der Waals surface area contributed by atoms with E-state index in [9.17, 15) is 4.79 Å². The number of hydrogen-bond acceptors (Lipinski definition) is 3. The predicted octanol–water partition coefficient (Wildman–Crippen LogP) is 0.712. The summed E-state index contributed by atoms with van der Waals surface area (Å²) in [6.45, 7) is 6.58. The van der Waals surface area contributed by atoms with Gasteiger partial charge in [0.15, 0.2) is 0 Å². The number of nitrogens with zero attached hydrogens (tertiary/aromatic N) is 2. The van der Waals surface area contributed by atoms with Crippen LogP contribution in [-0.4, -0.2) is 35.3 Å². The Morgan fingerprint density at radius 3 is 2.71 bits per heavy atom. The second-order valence-electron chi connectivity index (χ2n) is 4.00. The minimum absolute atomic E-state index is 0.0574. The molecule has 0 unspecified atom stereocenters. The summed E-state index contributed by atoms with van der Waals surface area (Å²) in [5.41, 5.74) is 1.57. The molecule has 0 radical (unpaired) electrons. The van der Waals surface area contributed by atoms with Crippen LogP contribution in [0.25, 0.3) is 0 Å². The van der Waals surface area contributed by atoms with E-state index in [1.54, 1.807) is 11.7 Å². The summed E-state index contributed by atoms with van der Waals surface area (Å²) in [6, 6.07) is 1.84. The van der Waals surface area contributed by atoms with Gasteiger partial charge in [0.25, 0.3) is 5.91 Å². The molecule has 0 aliphatic carbocycles. The molecule has 0 bridgehead atoms. The van der Waals surface area contributed by atoms with Gasteiger partial charge in [0.1, 0.15) is 5.69 Å². The Morgan fingerprint density at radius 2 is 2.12 bits per heavy atom. The lowest BCUT2D eigenvalue weighted by atomic mass is 10.3. The molecule has 5 nitrogen and oxygen atoms in total. The second kappa shape index (κ2) is 7.06. The molecule has 5 heteroatoms. The van der Waals surface area contributed by atoms with E-state index in [1.165, 1.54) is 0 Å². The molecule has 0 aliphatic rings. The molecule has 1 aromatic heterocycles. The number of carbonyl (C=O) groups excluding carboxylic acids is 1. The maximum Gasteiger partial charge on any atom is 0.269 e. The number of aryl methyl sites for hydroxylation is 2. The summed E-state index contributed by atoms with van der Waals surface area (Å²) < 4.78 is 1.63. The first kappa shape index (κ1) is 13.7. The molecule has 0 saturated heterocycles. The molecule has 0 atom stereocenters. The zero-order chi connectivity index (χ0) is 12.7. The molecule has 1 aromatic rings. The monoisotopic (exact) mass is 238 g/mol. The Bertz CT molecular complexity index is 359.